The van der Waals surface area contributed by atoms with Gasteiger partial charge < -0.3 is 16.2 Å². The van der Waals surface area contributed by atoms with Crippen molar-refractivity contribution in [2.75, 3.05) is 11.9 Å². The maximum Gasteiger partial charge on any atom is 0.228 e. The normalized spacial score (nSPS) is 28.1. The molecule has 6 heteroatoms. The molecule has 4 nitrogen and oxygen atoms in total. The second kappa shape index (κ2) is 5.69. The summed E-state index contributed by atoms with van der Waals surface area (Å²) >= 11 is 4.86. The summed E-state index contributed by atoms with van der Waals surface area (Å²) in [7, 11) is 0. The van der Waals surface area contributed by atoms with Crippen molar-refractivity contribution in [2.45, 2.75) is 31.3 Å². The van der Waals surface area contributed by atoms with Gasteiger partial charge in [-0.2, -0.15) is 0 Å². The van der Waals surface area contributed by atoms with E-state index < -0.39 is 5.60 Å². The molecule has 1 saturated carbocycles. The zero-order chi connectivity index (χ0) is 13.2. The summed E-state index contributed by atoms with van der Waals surface area (Å²) in [4.78, 5) is 12.0. The molecule has 1 aromatic rings. The molecule has 1 aliphatic carbocycles. The van der Waals surface area contributed by atoms with E-state index in [4.69, 9.17) is 5.73 Å². The molecule has 1 aliphatic rings. The van der Waals surface area contributed by atoms with Crippen molar-refractivity contribution in [1.29, 1.82) is 0 Å². The van der Waals surface area contributed by atoms with Gasteiger partial charge in [0, 0.05) is 12.5 Å². The molecule has 0 spiro atoms. The van der Waals surface area contributed by atoms with Crippen LogP contribution in [0.15, 0.2) is 15.9 Å². The highest BCUT2D eigenvalue weighted by Crippen LogP contribution is 2.33. The van der Waals surface area contributed by atoms with E-state index in [2.05, 4.69) is 21.2 Å². The van der Waals surface area contributed by atoms with E-state index in [9.17, 15) is 9.90 Å². The van der Waals surface area contributed by atoms with Crippen LogP contribution in [0.5, 0.6) is 0 Å². The molecule has 0 aromatic carbocycles. The minimum absolute atomic E-state index is 0.0160. The van der Waals surface area contributed by atoms with E-state index in [-0.39, 0.29) is 18.4 Å². The predicted molar refractivity (Wildman–Crippen MR) is 76.6 cm³/mol. The van der Waals surface area contributed by atoms with Crippen LogP contribution in [0.2, 0.25) is 0 Å². The zero-order valence-corrected chi connectivity index (χ0v) is 12.4. The monoisotopic (exact) mass is 332 g/mol. The Hall–Kier alpha value is -0.430. The third-order valence-corrected chi connectivity index (χ3v) is 5.03. The van der Waals surface area contributed by atoms with Crippen molar-refractivity contribution in [2.24, 2.45) is 11.7 Å². The first-order valence-corrected chi connectivity index (χ1v) is 7.62. The average molecular weight is 333 g/mol. The highest BCUT2D eigenvalue weighted by atomic mass is 79.9. The maximum absolute atomic E-state index is 12.0. The number of carbonyl (C=O) groups excluding carboxylic acids is 1. The van der Waals surface area contributed by atoms with Crippen molar-refractivity contribution in [3.63, 3.8) is 0 Å². The summed E-state index contributed by atoms with van der Waals surface area (Å²) in [5.74, 6) is 0.0288. The molecule has 100 valence electrons. The fourth-order valence-corrected chi connectivity index (χ4v) is 3.52. The molecule has 0 unspecified atom stereocenters. The van der Waals surface area contributed by atoms with Crippen LogP contribution >= 0.6 is 27.3 Å². The molecular formula is C12H17BrN2O2S. The predicted octanol–water partition coefficient (Wildman–Crippen LogP) is 2.33. The number of anilines is 1. The number of nitrogens with one attached hydrogen (secondary N) is 1. The van der Waals surface area contributed by atoms with Crippen LogP contribution in [0.3, 0.4) is 0 Å². The Morgan fingerprint density at radius 1 is 1.56 bits per heavy atom. The molecule has 18 heavy (non-hydrogen) atoms. The van der Waals surface area contributed by atoms with E-state index in [0.29, 0.717) is 25.7 Å². The summed E-state index contributed by atoms with van der Waals surface area (Å²) < 4.78 is 0.999. The molecule has 0 radical (unpaired) electrons. The summed E-state index contributed by atoms with van der Waals surface area (Å²) in [5, 5.41) is 13.8. The number of thiophene rings is 1. The van der Waals surface area contributed by atoms with Gasteiger partial charge in [-0.3, -0.25) is 4.79 Å². The Balaban J connectivity index is 1.88. The molecule has 4 N–H and O–H groups in total. The molecule has 0 atom stereocenters. The molecule has 2 rings (SSSR count). The van der Waals surface area contributed by atoms with Gasteiger partial charge in [0.1, 0.15) is 0 Å². The van der Waals surface area contributed by atoms with Crippen LogP contribution in [0.1, 0.15) is 25.7 Å². The van der Waals surface area contributed by atoms with Crippen LogP contribution in [0, 0.1) is 5.92 Å². The fourth-order valence-electron chi connectivity index (χ4n) is 2.23. The molecule has 1 aromatic heterocycles. The van der Waals surface area contributed by atoms with Gasteiger partial charge >= 0.3 is 0 Å². The van der Waals surface area contributed by atoms with Crippen molar-refractivity contribution >= 4 is 38.2 Å². The molecule has 1 fully saturated rings. The second-order valence-electron chi connectivity index (χ2n) is 4.80. The largest absolute Gasteiger partial charge is 0.389 e. The van der Waals surface area contributed by atoms with Crippen molar-refractivity contribution in [3.05, 3.63) is 15.9 Å². The van der Waals surface area contributed by atoms with Gasteiger partial charge in [-0.05, 0) is 53.7 Å². The summed E-state index contributed by atoms with van der Waals surface area (Å²) in [6, 6.07) is 3.79. The molecule has 1 amide bonds. The molecule has 0 bridgehead atoms. The third-order valence-electron chi connectivity index (χ3n) is 3.49. The minimum atomic E-state index is -0.761. The van der Waals surface area contributed by atoms with Crippen LogP contribution in [-0.4, -0.2) is 23.2 Å². The lowest BCUT2D eigenvalue weighted by Gasteiger charge is -2.34. The van der Waals surface area contributed by atoms with E-state index >= 15 is 0 Å². The molecular weight excluding hydrogens is 316 g/mol. The number of rotatable bonds is 3. The fraction of sp³-hybridized carbons (Fsp3) is 0.583. The summed E-state index contributed by atoms with van der Waals surface area (Å²) in [6.45, 7) is 0.277. The number of aliphatic hydroxyl groups is 1. The topological polar surface area (TPSA) is 75.3 Å². The van der Waals surface area contributed by atoms with E-state index in [1.54, 1.807) is 0 Å². The van der Waals surface area contributed by atoms with Gasteiger partial charge in [0.2, 0.25) is 5.91 Å². The number of hydrogen-bond acceptors (Lipinski definition) is 4. The number of halogens is 1. The quantitative estimate of drug-likeness (QED) is 0.795. The zero-order valence-electron chi connectivity index (χ0n) is 9.99. The van der Waals surface area contributed by atoms with Gasteiger partial charge in [-0.1, -0.05) is 0 Å². The van der Waals surface area contributed by atoms with Crippen molar-refractivity contribution in [3.8, 4) is 0 Å². The SMILES string of the molecule is NCC1(O)CCC(C(=O)Nc2ccc(Br)s2)CC1. The first kappa shape index (κ1) is 14.0. The molecule has 0 saturated heterocycles. The Kier molecular flexibility index (Phi) is 4.42. The number of nitrogens with two attached hydrogens (primary N) is 1. The minimum Gasteiger partial charge on any atom is -0.389 e. The van der Waals surface area contributed by atoms with Crippen LogP contribution < -0.4 is 11.1 Å². The smallest absolute Gasteiger partial charge is 0.228 e. The Labute approximate surface area is 119 Å². The Morgan fingerprint density at radius 2 is 2.22 bits per heavy atom. The average Bonchev–Trinajstić information content (AvgIpc) is 2.75. The molecule has 0 aliphatic heterocycles. The van der Waals surface area contributed by atoms with E-state index in [1.165, 1.54) is 11.3 Å². The number of amides is 1. The third kappa shape index (κ3) is 3.32. The van der Waals surface area contributed by atoms with Crippen molar-refractivity contribution in [1.82, 2.24) is 0 Å². The van der Waals surface area contributed by atoms with Crippen molar-refractivity contribution < 1.29 is 9.90 Å². The first-order valence-electron chi connectivity index (χ1n) is 6.01. The highest BCUT2D eigenvalue weighted by Gasteiger charge is 2.34. The highest BCUT2D eigenvalue weighted by molar-refractivity contribution is 9.11. The summed E-state index contributed by atoms with van der Waals surface area (Å²) in [5.41, 5.74) is 4.77. The lowest BCUT2D eigenvalue weighted by atomic mass is 9.78. The standard InChI is InChI=1S/C12H17BrN2O2S/c13-9-1-2-10(18-9)15-11(16)8-3-5-12(17,7-14)6-4-8/h1-2,8,17H,3-7,14H2,(H,15,16). The number of carbonyl (C=O) groups is 1. The summed E-state index contributed by atoms with van der Waals surface area (Å²) in [6.07, 6.45) is 2.61. The van der Waals surface area contributed by atoms with Gasteiger partial charge in [0.05, 0.1) is 14.4 Å². The van der Waals surface area contributed by atoms with Crippen LogP contribution in [-0.2, 0) is 4.79 Å². The second-order valence-corrected chi connectivity index (χ2v) is 7.26. The Morgan fingerprint density at radius 3 is 2.72 bits per heavy atom. The van der Waals surface area contributed by atoms with E-state index in [1.807, 2.05) is 12.1 Å². The van der Waals surface area contributed by atoms with E-state index in [0.717, 1.165) is 8.79 Å². The molecule has 1 heterocycles. The number of hydrogen-bond donors (Lipinski definition) is 3. The maximum atomic E-state index is 12.0. The first-order chi connectivity index (χ1) is 8.52. The van der Waals surface area contributed by atoms with Gasteiger partial charge in [0.25, 0.3) is 0 Å². The lowest BCUT2D eigenvalue weighted by Crippen LogP contribution is -2.43. The van der Waals surface area contributed by atoms with Gasteiger partial charge in [0.15, 0.2) is 0 Å². The lowest BCUT2D eigenvalue weighted by molar-refractivity contribution is -0.122. The Bertz CT molecular complexity index is 427. The van der Waals surface area contributed by atoms with Gasteiger partial charge in [-0.25, -0.2) is 0 Å². The van der Waals surface area contributed by atoms with Gasteiger partial charge in [-0.15, -0.1) is 11.3 Å². The van der Waals surface area contributed by atoms with Crippen LogP contribution in [0.25, 0.3) is 0 Å². The van der Waals surface area contributed by atoms with Crippen LogP contribution in [0.4, 0.5) is 5.00 Å².